The SMILES string of the molecule is Cn1ccnc1CCNCCN(C(=O)OC(C)(C)C)C(C)(C)C. The summed E-state index contributed by atoms with van der Waals surface area (Å²) in [6.07, 6.45) is 4.35. The molecule has 0 atom stereocenters. The molecule has 0 saturated carbocycles. The molecular weight excluding hydrogens is 292 g/mol. The summed E-state index contributed by atoms with van der Waals surface area (Å²) in [4.78, 5) is 18.4. The molecule has 0 aliphatic rings. The van der Waals surface area contributed by atoms with E-state index in [-0.39, 0.29) is 11.6 Å². The highest BCUT2D eigenvalue weighted by molar-refractivity contribution is 5.69. The topological polar surface area (TPSA) is 59.4 Å². The fourth-order valence-electron chi connectivity index (χ4n) is 2.17. The highest BCUT2D eigenvalue weighted by Crippen LogP contribution is 2.17. The molecule has 6 nitrogen and oxygen atoms in total. The Morgan fingerprint density at radius 3 is 2.39 bits per heavy atom. The van der Waals surface area contributed by atoms with Crippen LogP contribution in [0.3, 0.4) is 0 Å². The van der Waals surface area contributed by atoms with Crippen molar-refractivity contribution in [1.82, 2.24) is 19.8 Å². The van der Waals surface area contributed by atoms with Gasteiger partial charge in [0.25, 0.3) is 0 Å². The maximum Gasteiger partial charge on any atom is 0.410 e. The van der Waals surface area contributed by atoms with Crippen molar-refractivity contribution in [3.05, 3.63) is 18.2 Å². The summed E-state index contributed by atoms with van der Waals surface area (Å²) >= 11 is 0. The molecule has 23 heavy (non-hydrogen) atoms. The molecule has 0 aromatic carbocycles. The van der Waals surface area contributed by atoms with Crippen LogP contribution in [0.1, 0.15) is 47.4 Å². The van der Waals surface area contributed by atoms with E-state index in [1.807, 2.05) is 59.4 Å². The highest BCUT2D eigenvalue weighted by Gasteiger charge is 2.30. The number of aryl methyl sites for hydroxylation is 1. The van der Waals surface area contributed by atoms with Crippen molar-refractivity contribution >= 4 is 6.09 Å². The van der Waals surface area contributed by atoms with Gasteiger partial charge in [0.2, 0.25) is 0 Å². The standard InChI is InChI=1S/C17H32N4O2/c1-16(2,3)21(15(22)23-17(4,5)6)13-10-18-9-8-14-19-11-12-20(14)7/h11-12,18H,8-10,13H2,1-7H3. The summed E-state index contributed by atoms with van der Waals surface area (Å²) in [6.45, 7) is 13.9. The fourth-order valence-corrected chi connectivity index (χ4v) is 2.17. The quantitative estimate of drug-likeness (QED) is 0.817. The average molecular weight is 324 g/mol. The molecular formula is C17H32N4O2. The molecule has 0 aliphatic carbocycles. The lowest BCUT2D eigenvalue weighted by molar-refractivity contribution is 0.00666. The second-order valence-electron chi connectivity index (χ2n) is 7.76. The van der Waals surface area contributed by atoms with Gasteiger partial charge in [-0.1, -0.05) is 0 Å². The molecule has 0 bridgehead atoms. The molecule has 132 valence electrons. The van der Waals surface area contributed by atoms with Gasteiger partial charge in [-0.15, -0.1) is 0 Å². The third-order valence-electron chi connectivity index (χ3n) is 3.38. The minimum atomic E-state index is -0.480. The third kappa shape index (κ3) is 7.03. The van der Waals surface area contributed by atoms with Gasteiger partial charge in [0.05, 0.1) is 0 Å². The van der Waals surface area contributed by atoms with Crippen molar-refractivity contribution in [3.63, 3.8) is 0 Å². The smallest absolute Gasteiger partial charge is 0.410 e. The van der Waals surface area contributed by atoms with E-state index in [1.54, 1.807) is 11.1 Å². The highest BCUT2D eigenvalue weighted by atomic mass is 16.6. The maximum atomic E-state index is 12.4. The first kappa shape index (κ1) is 19.5. The summed E-state index contributed by atoms with van der Waals surface area (Å²) in [6, 6.07) is 0. The fraction of sp³-hybridized carbons (Fsp3) is 0.765. The van der Waals surface area contributed by atoms with Crippen molar-refractivity contribution in [1.29, 1.82) is 0 Å². The number of amides is 1. The van der Waals surface area contributed by atoms with E-state index in [9.17, 15) is 4.79 Å². The van der Waals surface area contributed by atoms with Gasteiger partial charge >= 0.3 is 6.09 Å². The number of imidazole rings is 1. The Labute approximate surface area is 140 Å². The third-order valence-corrected chi connectivity index (χ3v) is 3.38. The monoisotopic (exact) mass is 324 g/mol. The van der Waals surface area contributed by atoms with Gasteiger partial charge in [0, 0.05) is 51.0 Å². The van der Waals surface area contributed by atoms with Crippen molar-refractivity contribution in [2.75, 3.05) is 19.6 Å². The summed E-state index contributed by atoms with van der Waals surface area (Å²) in [5.41, 5.74) is -0.754. The zero-order valence-corrected chi connectivity index (χ0v) is 15.6. The van der Waals surface area contributed by atoms with E-state index in [0.29, 0.717) is 6.54 Å². The molecule has 1 rings (SSSR count). The molecule has 1 N–H and O–H groups in total. The zero-order chi connectivity index (χ0) is 17.7. The molecule has 0 aliphatic heterocycles. The van der Waals surface area contributed by atoms with Gasteiger partial charge in [0.1, 0.15) is 11.4 Å². The number of carbonyl (C=O) groups is 1. The molecule has 1 amide bonds. The van der Waals surface area contributed by atoms with E-state index in [4.69, 9.17) is 4.74 Å². The van der Waals surface area contributed by atoms with Gasteiger partial charge < -0.3 is 19.5 Å². The van der Waals surface area contributed by atoms with Gasteiger partial charge in [0.15, 0.2) is 0 Å². The Morgan fingerprint density at radius 1 is 1.26 bits per heavy atom. The Bertz CT molecular complexity index is 497. The molecule has 0 saturated heterocycles. The van der Waals surface area contributed by atoms with Gasteiger partial charge in [-0.2, -0.15) is 0 Å². The minimum absolute atomic E-state index is 0.268. The number of carbonyl (C=O) groups excluding carboxylic acids is 1. The molecule has 1 aromatic rings. The summed E-state index contributed by atoms with van der Waals surface area (Å²) in [7, 11) is 1.99. The maximum absolute atomic E-state index is 12.4. The van der Waals surface area contributed by atoms with Gasteiger partial charge in [-0.05, 0) is 41.5 Å². The van der Waals surface area contributed by atoms with Gasteiger partial charge in [-0.25, -0.2) is 9.78 Å². The largest absolute Gasteiger partial charge is 0.444 e. The average Bonchev–Trinajstić information content (AvgIpc) is 2.75. The lowest BCUT2D eigenvalue weighted by Gasteiger charge is -2.36. The molecule has 0 fully saturated rings. The van der Waals surface area contributed by atoms with Crippen LogP contribution in [0.5, 0.6) is 0 Å². The second-order valence-corrected chi connectivity index (χ2v) is 7.76. The van der Waals surface area contributed by atoms with E-state index < -0.39 is 5.60 Å². The normalized spacial score (nSPS) is 12.3. The van der Waals surface area contributed by atoms with Crippen LogP contribution in [0.4, 0.5) is 4.79 Å². The molecule has 1 heterocycles. The van der Waals surface area contributed by atoms with Crippen molar-refractivity contribution in [2.24, 2.45) is 7.05 Å². The number of hydrogen-bond acceptors (Lipinski definition) is 4. The van der Waals surface area contributed by atoms with Crippen LogP contribution in [0.2, 0.25) is 0 Å². The lowest BCUT2D eigenvalue weighted by atomic mass is 10.1. The molecule has 1 aromatic heterocycles. The van der Waals surface area contributed by atoms with Crippen LogP contribution in [0.25, 0.3) is 0 Å². The van der Waals surface area contributed by atoms with Crippen LogP contribution in [-0.4, -0.2) is 51.3 Å². The molecule has 0 spiro atoms. The number of nitrogens with one attached hydrogen (secondary N) is 1. The molecule has 0 radical (unpaired) electrons. The zero-order valence-electron chi connectivity index (χ0n) is 15.6. The predicted octanol–water partition coefficient (Wildman–Crippen LogP) is 2.59. The number of rotatable bonds is 6. The first-order valence-corrected chi connectivity index (χ1v) is 8.18. The van der Waals surface area contributed by atoms with Crippen molar-refractivity contribution in [2.45, 2.75) is 59.1 Å². The number of hydrogen-bond donors (Lipinski definition) is 1. The Hall–Kier alpha value is -1.56. The number of ether oxygens (including phenoxy) is 1. The van der Waals surface area contributed by atoms with Crippen molar-refractivity contribution < 1.29 is 9.53 Å². The van der Waals surface area contributed by atoms with E-state index >= 15 is 0 Å². The van der Waals surface area contributed by atoms with Crippen molar-refractivity contribution in [3.8, 4) is 0 Å². The predicted molar refractivity (Wildman–Crippen MR) is 92.5 cm³/mol. The van der Waals surface area contributed by atoms with Crippen LogP contribution < -0.4 is 5.32 Å². The van der Waals surface area contributed by atoms with E-state index in [0.717, 1.165) is 25.3 Å². The summed E-state index contributed by atoms with van der Waals surface area (Å²) < 4.78 is 7.52. The molecule has 6 heteroatoms. The summed E-state index contributed by atoms with van der Waals surface area (Å²) in [5, 5.41) is 3.37. The second kappa shape index (κ2) is 7.81. The first-order chi connectivity index (χ1) is 10.5. The Balaban J connectivity index is 2.43. The van der Waals surface area contributed by atoms with Gasteiger partial charge in [-0.3, -0.25) is 0 Å². The molecule has 0 unspecified atom stereocenters. The minimum Gasteiger partial charge on any atom is -0.444 e. The summed E-state index contributed by atoms with van der Waals surface area (Å²) in [5.74, 6) is 1.05. The van der Waals surface area contributed by atoms with Crippen LogP contribution >= 0.6 is 0 Å². The van der Waals surface area contributed by atoms with E-state index in [2.05, 4.69) is 10.3 Å². The number of aromatic nitrogens is 2. The Kier molecular flexibility index (Phi) is 6.62. The van der Waals surface area contributed by atoms with E-state index in [1.165, 1.54) is 0 Å². The first-order valence-electron chi connectivity index (χ1n) is 8.18. The van der Waals surface area contributed by atoms with Crippen LogP contribution in [-0.2, 0) is 18.2 Å². The Morgan fingerprint density at radius 2 is 1.91 bits per heavy atom. The number of nitrogens with zero attached hydrogens (tertiary/aromatic N) is 3. The van der Waals surface area contributed by atoms with Crippen LogP contribution in [0.15, 0.2) is 12.4 Å². The van der Waals surface area contributed by atoms with Crippen LogP contribution in [0, 0.1) is 0 Å². The lowest BCUT2D eigenvalue weighted by Crippen LogP contribution is -2.50.